The Morgan fingerprint density at radius 2 is 1.92 bits per heavy atom. The molecule has 2 aliphatic rings. The van der Waals surface area contributed by atoms with Gasteiger partial charge in [-0.25, -0.2) is 14.3 Å². The zero-order valence-corrected chi connectivity index (χ0v) is 22.1. The smallest absolute Gasteiger partial charge is 0.259 e. The number of aliphatic imine (C=N–C) groups is 2. The molecule has 3 amide bonds. The predicted molar refractivity (Wildman–Crippen MR) is 145 cm³/mol. The highest BCUT2D eigenvalue weighted by molar-refractivity contribution is 8.15. The van der Waals surface area contributed by atoms with E-state index in [1.807, 2.05) is 31.2 Å². The van der Waals surface area contributed by atoms with Crippen molar-refractivity contribution in [3.63, 3.8) is 0 Å². The van der Waals surface area contributed by atoms with Crippen LogP contribution in [0.2, 0.25) is 0 Å². The molecule has 2 heterocycles. The van der Waals surface area contributed by atoms with E-state index in [0.29, 0.717) is 48.2 Å². The van der Waals surface area contributed by atoms with Gasteiger partial charge >= 0.3 is 0 Å². The number of rotatable bonds is 11. The van der Waals surface area contributed by atoms with Crippen molar-refractivity contribution >= 4 is 46.2 Å². The Kier molecular flexibility index (Phi) is 9.24. The lowest BCUT2D eigenvalue weighted by Crippen LogP contribution is -2.44. The molecule has 0 unspecified atom stereocenters. The number of amidine groups is 2. The Hall–Kier alpha value is -3.57. The van der Waals surface area contributed by atoms with Crippen LogP contribution in [0.25, 0.3) is 0 Å². The third-order valence-electron chi connectivity index (χ3n) is 6.06. The highest BCUT2D eigenvalue weighted by atomic mass is 32.2. The molecule has 9 nitrogen and oxygen atoms in total. The molecule has 0 bridgehead atoms. The average Bonchev–Trinajstić information content (AvgIpc) is 3.25. The van der Waals surface area contributed by atoms with Gasteiger partial charge < -0.3 is 15.4 Å². The highest BCUT2D eigenvalue weighted by Gasteiger charge is 2.43. The molecule has 11 heteroatoms. The van der Waals surface area contributed by atoms with E-state index >= 15 is 0 Å². The van der Waals surface area contributed by atoms with Gasteiger partial charge in [0, 0.05) is 32.4 Å². The summed E-state index contributed by atoms with van der Waals surface area (Å²) >= 11 is 1.21. The molecule has 0 aromatic heterocycles. The van der Waals surface area contributed by atoms with Gasteiger partial charge in [0.05, 0.1) is 17.4 Å². The molecule has 0 aliphatic carbocycles. The SMILES string of the molecule is CC[C@H](SC1=Nc2ccccc2C2=N[C@H](CC(=O)NCc3ccc(F)cc3)C(=O)N12)C(=O)NCCCOC. The van der Waals surface area contributed by atoms with Crippen LogP contribution in [0, 0.1) is 5.82 Å². The molecule has 38 heavy (non-hydrogen) atoms. The Morgan fingerprint density at radius 1 is 1.16 bits per heavy atom. The van der Waals surface area contributed by atoms with Gasteiger partial charge in [0.15, 0.2) is 5.17 Å². The molecule has 2 aliphatic heterocycles. The summed E-state index contributed by atoms with van der Waals surface area (Å²) in [5, 5.41) is 5.57. The third kappa shape index (κ3) is 6.46. The molecule has 200 valence electrons. The van der Waals surface area contributed by atoms with Gasteiger partial charge in [-0.1, -0.05) is 43.0 Å². The van der Waals surface area contributed by atoms with Crippen LogP contribution in [0.4, 0.5) is 10.1 Å². The van der Waals surface area contributed by atoms with E-state index in [2.05, 4.69) is 20.6 Å². The highest BCUT2D eigenvalue weighted by Crippen LogP contribution is 2.35. The first kappa shape index (κ1) is 27.5. The van der Waals surface area contributed by atoms with Crippen molar-refractivity contribution in [1.29, 1.82) is 0 Å². The second kappa shape index (κ2) is 12.8. The Morgan fingerprint density at radius 3 is 2.66 bits per heavy atom. The van der Waals surface area contributed by atoms with Gasteiger partial charge in [0.2, 0.25) is 11.8 Å². The summed E-state index contributed by atoms with van der Waals surface area (Å²) in [6, 6.07) is 12.2. The molecule has 0 saturated heterocycles. The number of halogens is 1. The summed E-state index contributed by atoms with van der Waals surface area (Å²) < 4.78 is 18.2. The number of carbonyl (C=O) groups excluding carboxylic acids is 3. The molecule has 0 radical (unpaired) electrons. The van der Waals surface area contributed by atoms with Crippen LogP contribution in [-0.2, 0) is 25.7 Å². The van der Waals surface area contributed by atoms with Crippen LogP contribution < -0.4 is 10.6 Å². The largest absolute Gasteiger partial charge is 0.385 e. The number of carbonyl (C=O) groups is 3. The lowest BCUT2D eigenvalue weighted by atomic mass is 10.1. The average molecular weight is 540 g/mol. The van der Waals surface area contributed by atoms with Crippen molar-refractivity contribution in [3.8, 4) is 0 Å². The van der Waals surface area contributed by atoms with Gasteiger partial charge in [0.25, 0.3) is 5.91 Å². The van der Waals surface area contributed by atoms with Crippen molar-refractivity contribution in [2.75, 3.05) is 20.3 Å². The first-order chi connectivity index (χ1) is 18.4. The fraction of sp³-hybridized carbons (Fsp3) is 0.370. The maximum absolute atomic E-state index is 13.5. The first-order valence-corrected chi connectivity index (χ1v) is 13.3. The van der Waals surface area contributed by atoms with Crippen LogP contribution in [-0.4, -0.2) is 65.2 Å². The Labute approximate surface area is 224 Å². The van der Waals surface area contributed by atoms with Crippen LogP contribution in [0.1, 0.15) is 37.3 Å². The molecular formula is C27H30FN5O4S. The number of fused-ring (bicyclic) bond motifs is 3. The van der Waals surface area contributed by atoms with Crippen LogP contribution in [0.15, 0.2) is 58.5 Å². The topological polar surface area (TPSA) is 112 Å². The number of methoxy groups -OCH3 is 1. The normalized spacial score (nSPS) is 16.8. The number of thioether (sulfide) groups is 1. The predicted octanol–water partition coefficient (Wildman–Crippen LogP) is 3.16. The Balaban J connectivity index is 1.47. The van der Waals surface area contributed by atoms with Crippen LogP contribution >= 0.6 is 11.8 Å². The Bertz CT molecular complexity index is 1250. The maximum Gasteiger partial charge on any atom is 0.259 e. The number of ether oxygens (including phenoxy) is 1. The standard InChI is InChI=1S/C27H30FN5O4S/c1-3-22(25(35)29-13-6-14-37-2)38-27-32-20-8-5-4-7-19(20)24-31-21(26(36)33(24)27)15-23(34)30-16-17-9-11-18(28)12-10-17/h4-5,7-12,21-22H,3,6,13-16H2,1-2H3,(H,29,35)(H,30,34)/t21-,22+/m1/s1. The van der Waals surface area contributed by atoms with E-state index in [0.717, 1.165) is 5.56 Å². The number of nitrogens with one attached hydrogen (secondary N) is 2. The quantitative estimate of drug-likeness (QED) is 0.426. The van der Waals surface area contributed by atoms with E-state index in [-0.39, 0.29) is 36.5 Å². The number of hydrogen-bond acceptors (Lipinski definition) is 7. The molecule has 0 spiro atoms. The second-order valence-corrected chi connectivity index (χ2v) is 9.98. The zero-order chi connectivity index (χ0) is 27.1. The molecule has 0 fully saturated rings. The molecule has 4 rings (SSSR count). The van der Waals surface area contributed by atoms with Crippen molar-refractivity contribution < 1.29 is 23.5 Å². The molecule has 2 aromatic carbocycles. The maximum atomic E-state index is 13.5. The lowest BCUT2D eigenvalue weighted by Gasteiger charge is -2.27. The summed E-state index contributed by atoms with van der Waals surface area (Å²) in [6.07, 6.45) is 1.09. The lowest BCUT2D eigenvalue weighted by molar-refractivity contribution is -0.128. The number of benzene rings is 2. The van der Waals surface area contributed by atoms with Crippen molar-refractivity contribution in [1.82, 2.24) is 15.5 Å². The fourth-order valence-electron chi connectivity index (χ4n) is 4.06. The van der Waals surface area contributed by atoms with Gasteiger partial charge in [-0.3, -0.25) is 19.4 Å². The number of nitrogens with zero attached hydrogens (tertiary/aromatic N) is 3. The van der Waals surface area contributed by atoms with Crippen LogP contribution in [0.3, 0.4) is 0 Å². The molecule has 0 saturated carbocycles. The van der Waals surface area contributed by atoms with E-state index < -0.39 is 11.3 Å². The fourth-order valence-corrected chi connectivity index (χ4v) is 5.10. The van der Waals surface area contributed by atoms with Crippen molar-refractivity contribution in [3.05, 3.63) is 65.5 Å². The molecule has 2 atom stereocenters. The van der Waals surface area contributed by atoms with E-state index in [9.17, 15) is 18.8 Å². The van der Waals surface area contributed by atoms with E-state index in [1.54, 1.807) is 19.2 Å². The minimum atomic E-state index is -0.918. The van der Waals surface area contributed by atoms with Gasteiger partial charge in [-0.05, 0) is 42.7 Å². The van der Waals surface area contributed by atoms with E-state index in [1.165, 1.54) is 28.8 Å². The summed E-state index contributed by atoms with van der Waals surface area (Å²) in [5.41, 5.74) is 2.08. The second-order valence-electron chi connectivity index (χ2n) is 8.81. The summed E-state index contributed by atoms with van der Waals surface area (Å²) in [4.78, 5) is 49.7. The molecule has 2 aromatic rings. The third-order valence-corrected chi connectivity index (χ3v) is 7.38. The minimum absolute atomic E-state index is 0.142. The van der Waals surface area contributed by atoms with Crippen LogP contribution in [0.5, 0.6) is 0 Å². The number of amides is 3. The summed E-state index contributed by atoms with van der Waals surface area (Å²) in [5.74, 6) is -0.786. The summed E-state index contributed by atoms with van der Waals surface area (Å²) in [7, 11) is 1.61. The minimum Gasteiger partial charge on any atom is -0.385 e. The van der Waals surface area contributed by atoms with Crippen molar-refractivity contribution in [2.45, 2.75) is 44.0 Å². The molecule has 2 N–H and O–H groups in total. The zero-order valence-electron chi connectivity index (χ0n) is 21.3. The monoisotopic (exact) mass is 539 g/mol. The summed E-state index contributed by atoms with van der Waals surface area (Å²) in [6.45, 7) is 3.15. The number of hydrogen-bond donors (Lipinski definition) is 2. The molecular weight excluding hydrogens is 509 g/mol. The van der Waals surface area contributed by atoms with E-state index in [4.69, 9.17) is 4.74 Å². The van der Waals surface area contributed by atoms with Gasteiger partial charge in [-0.2, -0.15) is 0 Å². The van der Waals surface area contributed by atoms with Crippen molar-refractivity contribution in [2.24, 2.45) is 9.98 Å². The van der Waals surface area contributed by atoms with Gasteiger partial charge in [0.1, 0.15) is 17.7 Å². The van der Waals surface area contributed by atoms with Gasteiger partial charge in [-0.15, -0.1) is 0 Å². The number of para-hydroxylation sites is 1. The first-order valence-electron chi connectivity index (χ1n) is 12.5.